The van der Waals surface area contributed by atoms with Crippen LogP contribution in [0.1, 0.15) is 0 Å². The van der Waals surface area contributed by atoms with Gasteiger partial charge in [0.25, 0.3) is 5.56 Å². The maximum absolute atomic E-state index is 11.2. The van der Waals surface area contributed by atoms with Gasteiger partial charge in [0.05, 0.1) is 6.20 Å². The number of pyridine rings is 1. The summed E-state index contributed by atoms with van der Waals surface area (Å²) in [5.74, 6) is 0. The standard InChI is InChI=1S/C9H8N4O/c10-8-7(5-12-13-9(8)14)6-1-3-11-4-2-6/h1-5H,(H2,10,12)(H,13,14). The molecule has 0 unspecified atom stereocenters. The van der Waals surface area contributed by atoms with Crippen LogP contribution >= 0.6 is 0 Å². The highest BCUT2D eigenvalue weighted by molar-refractivity contribution is 5.73. The third-order valence-electron chi connectivity index (χ3n) is 1.89. The van der Waals surface area contributed by atoms with Crippen LogP contribution in [0, 0.1) is 0 Å². The second kappa shape index (κ2) is 3.29. The number of aromatic amines is 1. The van der Waals surface area contributed by atoms with E-state index in [0.29, 0.717) is 5.56 Å². The predicted octanol–water partition coefficient (Wildman–Crippen LogP) is 0.414. The highest BCUT2D eigenvalue weighted by atomic mass is 16.1. The second-order valence-electron chi connectivity index (χ2n) is 2.76. The van der Waals surface area contributed by atoms with E-state index in [4.69, 9.17) is 5.73 Å². The SMILES string of the molecule is Nc1c(-c2ccncc2)cn[nH]c1=O. The summed E-state index contributed by atoms with van der Waals surface area (Å²) in [6.45, 7) is 0. The summed E-state index contributed by atoms with van der Waals surface area (Å²) in [6, 6.07) is 3.54. The largest absolute Gasteiger partial charge is 0.394 e. The molecule has 14 heavy (non-hydrogen) atoms. The summed E-state index contributed by atoms with van der Waals surface area (Å²) in [5.41, 5.74) is 6.86. The fraction of sp³-hybridized carbons (Fsp3) is 0. The molecule has 2 rings (SSSR count). The van der Waals surface area contributed by atoms with Crippen molar-refractivity contribution in [2.24, 2.45) is 0 Å². The first-order valence-electron chi connectivity index (χ1n) is 4.02. The van der Waals surface area contributed by atoms with E-state index in [0.717, 1.165) is 5.56 Å². The van der Waals surface area contributed by atoms with Crippen molar-refractivity contribution in [1.29, 1.82) is 0 Å². The predicted molar refractivity (Wildman–Crippen MR) is 52.5 cm³/mol. The van der Waals surface area contributed by atoms with E-state index in [2.05, 4.69) is 15.2 Å². The normalized spacial score (nSPS) is 10.0. The van der Waals surface area contributed by atoms with E-state index in [1.807, 2.05) is 0 Å². The number of aromatic nitrogens is 3. The number of anilines is 1. The molecule has 3 N–H and O–H groups in total. The first-order valence-corrected chi connectivity index (χ1v) is 4.02. The number of H-pyrrole nitrogens is 1. The molecule has 0 aliphatic heterocycles. The van der Waals surface area contributed by atoms with E-state index in [9.17, 15) is 4.79 Å². The van der Waals surface area contributed by atoms with Crippen LogP contribution in [0.15, 0.2) is 35.5 Å². The Balaban J connectivity index is 2.64. The summed E-state index contributed by atoms with van der Waals surface area (Å²) in [5, 5.41) is 5.95. The quantitative estimate of drug-likeness (QED) is 0.679. The molecule has 5 heteroatoms. The van der Waals surface area contributed by atoms with E-state index < -0.39 is 0 Å². The molecular weight excluding hydrogens is 180 g/mol. The number of rotatable bonds is 1. The molecule has 0 fully saturated rings. The molecule has 0 saturated carbocycles. The fourth-order valence-electron chi connectivity index (χ4n) is 1.17. The second-order valence-corrected chi connectivity index (χ2v) is 2.76. The zero-order chi connectivity index (χ0) is 9.97. The van der Waals surface area contributed by atoms with Crippen molar-refractivity contribution >= 4 is 5.69 Å². The first-order chi connectivity index (χ1) is 6.79. The van der Waals surface area contributed by atoms with Gasteiger partial charge in [-0.25, -0.2) is 5.10 Å². The zero-order valence-electron chi connectivity index (χ0n) is 7.27. The van der Waals surface area contributed by atoms with Gasteiger partial charge in [0.1, 0.15) is 5.69 Å². The van der Waals surface area contributed by atoms with Crippen LogP contribution in [0.4, 0.5) is 5.69 Å². The van der Waals surface area contributed by atoms with Gasteiger partial charge in [-0.2, -0.15) is 5.10 Å². The molecule has 0 amide bonds. The number of hydrogen-bond acceptors (Lipinski definition) is 4. The third kappa shape index (κ3) is 1.35. The van der Waals surface area contributed by atoms with Crippen molar-refractivity contribution in [3.63, 3.8) is 0 Å². The Kier molecular flexibility index (Phi) is 1.98. The summed E-state index contributed by atoms with van der Waals surface area (Å²) in [6.07, 6.45) is 4.79. The number of nitrogens with two attached hydrogens (primary N) is 1. The van der Waals surface area contributed by atoms with Crippen molar-refractivity contribution in [3.05, 3.63) is 41.1 Å². The summed E-state index contributed by atoms with van der Waals surface area (Å²) in [4.78, 5) is 15.0. The van der Waals surface area contributed by atoms with Gasteiger partial charge in [-0.15, -0.1) is 0 Å². The number of hydrogen-bond donors (Lipinski definition) is 2. The van der Waals surface area contributed by atoms with Crippen LogP contribution in [-0.4, -0.2) is 15.2 Å². The van der Waals surface area contributed by atoms with E-state index in [-0.39, 0.29) is 11.2 Å². The van der Waals surface area contributed by atoms with Gasteiger partial charge in [0.15, 0.2) is 0 Å². The molecule has 0 aromatic carbocycles. The average Bonchev–Trinajstić information content (AvgIpc) is 2.23. The van der Waals surface area contributed by atoms with Gasteiger partial charge in [-0.1, -0.05) is 0 Å². The van der Waals surface area contributed by atoms with Crippen LogP contribution in [-0.2, 0) is 0 Å². The number of nitrogens with zero attached hydrogens (tertiary/aromatic N) is 2. The smallest absolute Gasteiger partial charge is 0.287 e. The minimum absolute atomic E-state index is 0.172. The number of nitrogen functional groups attached to an aromatic ring is 1. The van der Waals surface area contributed by atoms with E-state index in [1.165, 1.54) is 6.20 Å². The Bertz CT molecular complexity index is 492. The van der Waals surface area contributed by atoms with Gasteiger partial charge >= 0.3 is 0 Å². The topological polar surface area (TPSA) is 84.7 Å². The summed E-state index contributed by atoms with van der Waals surface area (Å²) < 4.78 is 0. The molecule has 0 bridgehead atoms. The molecule has 0 radical (unpaired) electrons. The lowest BCUT2D eigenvalue weighted by Crippen LogP contribution is -2.13. The molecule has 5 nitrogen and oxygen atoms in total. The van der Waals surface area contributed by atoms with Gasteiger partial charge in [-0.05, 0) is 17.7 Å². The van der Waals surface area contributed by atoms with Crippen molar-refractivity contribution in [3.8, 4) is 11.1 Å². The molecule has 0 aliphatic carbocycles. The fourth-order valence-corrected chi connectivity index (χ4v) is 1.17. The van der Waals surface area contributed by atoms with Gasteiger partial charge in [-0.3, -0.25) is 9.78 Å². The lowest BCUT2D eigenvalue weighted by Gasteiger charge is -2.02. The van der Waals surface area contributed by atoms with Crippen molar-refractivity contribution < 1.29 is 0 Å². The molecule has 2 heterocycles. The van der Waals surface area contributed by atoms with Crippen LogP contribution in [0.2, 0.25) is 0 Å². The minimum atomic E-state index is -0.376. The van der Waals surface area contributed by atoms with E-state index >= 15 is 0 Å². The monoisotopic (exact) mass is 188 g/mol. The van der Waals surface area contributed by atoms with Gasteiger partial charge in [0, 0.05) is 18.0 Å². The lowest BCUT2D eigenvalue weighted by atomic mass is 10.1. The Morgan fingerprint density at radius 2 is 2.00 bits per heavy atom. The van der Waals surface area contributed by atoms with E-state index in [1.54, 1.807) is 24.5 Å². The van der Waals surface area contributed by atoms with Crippen LogP contribution in [0.5, 0.6) is 0 Å². The van der Waals surface area contributed by atoms with Gasteiger partial charge < -0.3 is 5.73 Å². The molecule has 2 aromatic heterocycles. The minimum Gasteiger partial charge on any atom is -0.394 e. The van der Waals surface area contributed by atoms with Crippen LogP contribution in [0.25, 0.3) is 11.1 Å². The zero-order valence-corrected chi connectivity index (χ0v) is 7.27. The first kappa shape index (κ1) is 8.43. The highest BCUT2D eigenvalue weighted by Gasteiger charge is 2.04. The summed E-state index contributed by atoms with van der Waals surface area (Å²) in [7, 11) is 0. The molecule has 2 aromatic rings. The molecular formula is C9H8N4O. The third-order valence-corrected chi connectivity index (χ3v) is 1.89. The molecule has 0 saturated heterocycles. The van der Waals surface area contributed by atoms with Crippen molar-refractivity contribution in [1.82, 2.24) is 15.2 Å². The molecule has 0 spiro atoms. The Morgan fingerprint density at radius 1 is 1.29 bits per heavy atom. The summed E-state index contributed by atoms with van der Waals surface area (Å²) >= 11 is 0. The maximum Gasteiger partial charge on any atom is 0.287 e. The molecule has 70 valence electrons. The Morgan fingerprint density at radius 3 is 2.71 bits per heavy atom. The van der Waals surface area contributed by atoms with Crippen LogP contribution < -0.4 is 11.3 Å². The highest BCUT2D eigenvalue weighted by Crippen LogP contribution is 2.20. The average molecular weight is 188 g/mol. The van der Waals surface area contributed by atoms with Gasteiger partial charge in [0.2, 0.25) is 0 Å². The lowest BCUT2D eigenvalue weighted by molar-refractivity contribution is 0.995. The van der Waals surface area contributed by atoms with Crippen LogP contribution in [0.3, 0.4) is 0 Å². The molecule has 0 atom stereocenters. The Labute approximate surface area is 79.6 Å². The maximum atomic E-state index is 11.2. The Hall–Kier alpha value is -2.17. The van der Waals surface area contributed by atoms with Crippen molar-refractivity contribution in [2.45, 2.75) is 0 Å². The molecule has 0 aliphatic rings. The van der Waals surface area contributed by atoms with Crippen molar-refractivity contribution in [2.75, 3.05) is 5.73 Å². The number of nitrogens with one attached hydrogen (secondary N) is 1.